The maximum absolute atomic E-state index is 11.0. The molecule has 3 nitrogen and oxygen atoms in total. The highest BCUT2D eigenvalue weighted by Crippen LogP contribution is 2.23. The summed E-state index contributed by atoms with van der Waals surface area (Å²) in [5.41, 5.74) is 0.958. The predicted octanol–water partition coefficient (Wildman–Crippen LogP) is 2.01. The van der Waals surface area contributed by atoms with Crippen LogP contribution < -0.4 is 0 Å². The standard InChI is InChI=1S/C11H15NO2/c1-4-8-5-9(7-12-6-8)11(2,3)10(13)14/h5-7H,4H2,1-3H3,(H,13,14). The van der Waals surface area contributed by atoms with Crippen molar-refractivity contribution in [3.63, 3.8) is 0 Å². The summed E-state index contributed by atoms with van der Waals surface area (Å²) in [5.74, 6) is -0.826. The molecule has 0 unspecified atom stereocenters. The Morgan fingerprint density at radius 3 is 2.64 bits per heavy atom. The average Bonchev–Trinajstić information content (AvgIpc) is 2.17. The molecule has 0 radical (unpaired) electrons. The van der Waals surface area contributed by atoms with Gasteiger partial charge in [0.25, 0.3) is 0 Å². The van der Waals surface area contributed by atoms with E-state index in [1.54, 1.807) is 26.2 Å². The third-order valence-electron chi connectivity index (χ3n) is 2.46. The molecule has 0 spiro atoms. The minimum atomic E-state index is -0.863. The zero-order valence-electron chi connectivity index (χ0n) is 8.74. The van der Waals surface area contributed by atoms with Gasteiger partial charge in [-0.05, 0) is 31.4 Å². The lowest BCUT2D eigenvalue weighted by Crippen LogP contribution is -2.28. The summed E-state index contributed by atoms with van der Waals surface area (Å²) in [6.45, 7) is 5.39. The summed E-state index contributed by atoms with van der Waals surface area (Å²) in [4.78, 5) is 15.0. The molecule has 0 atom stereocenters. The molecule has 0 saturated carbocycles. The predicted molar refractivity (Wildman–Crippen MR) is 54.3 cm³/mol. The largest absolute Gasteiger partial charge is 0.481 e. The molecule has 1 aromatic rings. The molecule has 0 aliphatic heterocycles. The summed E-state index contributed by atoms with van der Waals surface area (Å²) < 4.78 is 0. The Bertz CT molecular complexity index is 345. The second-order valence-electron chi connectivity index (χ2n) is 3.87. The van der Waals surface area contributed by atoms with Crippen molar-refractivity contribution >= 4 is 5.97 Å². The highest BCUT2D eigenvalue weighted by molar-refractivity contribution is 5.80. The Labute approximate surface area is 83.8 Å². The Kier molecular flexibility index (Phi) is 2.89. The van der Waals surface area contributed by atoms with Gasteiger partial charge in [0.15, 0.2) is 0 Å². The van der Waals surface area contributed by atoms with Crippen LogP contribution in [0.3, 0.4) is 0 Å². The van der Waals surface area contributed by atoms with Gasteiger partial charge in [0.1, 0.15) is 0 Å². The van der Waals surface area contributed by atoms with Crippen molar-refractivity contribution in [2.24, 2.45) is 0 Å². The molecule has 1 rings (SSSR count). The molecule has 0 bridgehead atoms. The third kappa shape index (κ3) is 1.92. The molecule has 1 heterocycles. The van der Waals surface area contributed by atoms with Gasteiger partial charge in [0, 0.05) is 12.4 Å². The van der Waals surface area contributed by atoms with E-state index < -0.39 is 11.4 Å². The maximum Gasteiger partial charge on any atom is 0.313 e. The number of rotatable bonds is 3. The van der Waals surface area contributed by atoms with Crippen LogP contribution in [-0.2, 0) is 16.6 Å². The fourth-order valence-electron chi connectivity index (χ4n) is 1.15. The van der Waals surface area contributed by atoms with Crippen molar-refractivity contribution in [2.75, 3.05) is 0 Å². The molecule has 0 aliphatic carbocycles. The zero-order valence-corrected chi connectivity index (χ0v) is 8.74. The summed E-state index contributed by atoms with van der Waals surface area (Å²) >= 11 is 0. The lowest BCUT2D eigenvalue weighted by molar-refractivity contribution is -0.142. The number of hydrogen-bond acceptors (Lipinski definition) is 2. The van der Waals surface area contributed by atoms with Gasteiger partial charge in [0.2, 0.25) is 0 Å². The summed E-state index contributed by atoms with van der Waals surface area (Å²) in [6, 6.07) is 1.90. The smallest absolute Gasteiger partial charge is 0.313 e. The molecule has 0 aliphatic rings. The van der Waals surface area contributed by atoms with Gasteiger partial charge in [-0.2, -0.15) is 0 Å². The number of carbonyl (C=O) groups is 1. The molecule has 0 fully saturated rings. The number of carboxylic acids is 1. The van der Waals surface area contributed by atoms with Crippen LogP contribution in [0.5, 0.6) is 0 Å². The Morgan fingerprint density at radius 2 is 2.14 bits per heavy atom. The number of nitrogens with zero attached hydrogens (tertiary/aromatic N) is 1. The van der Waals surface area contributed by atoms with E-state index in [1.165, 1.54) is 0 Å². The van der Waals surface area contributed by atoms with E-state index in [1.807, 2.05) is 13.0 Å². The quantitative estimate of drug-likeness (QED) is 0.798. The Hall–Kier alpha value is -1.38. The maximum atomic E-state index is 11.0. The van der Waals surface area contributed by atoms with E-state index in [0.717, 1.165) is 17.5 Å². The summed E-state index contributed by atoms with van der Waals surface area (Å²) in [7, 11) is 0. The van der Waals surface area contributed by atoms with Crippen molar-refractivity contribution < 1.29 is 9.90 Å². The highest BCUT2D eigenvalue weighted by atomic mass is 16.4. The molecule has 1 N–H and O–H groups in total. The normalized spacial score (nSPS) is 11.4. The van der Waals surface area contributed by atoms with Crippen molar-refractivity contribution in [3.05, 3.63) is 29.6 Å². The first-order chi connectivity index (χ1) is 6.48. The van der Waals surface area contributed by atoms with Crippen molar-refractivity contribution in [3.8, 4) is 0 Å². The SMILES string of the molecule is CCc1cncc(C(C)(C)C(=O)O)c1. The average molecular weight is 193 g/mol. The minimum Gasteiger partial charge on any atom is -0.481 e. The second kappa shape index (κ2) is 3.78. The number of aliphatic carboxylic acids is 1. The Morgan fingerprint density at radius 1 is 1.50 bits per heavy atom. The van der Waals surface area contributed by atoms with Crippen molar-refractivity contribution in [2.45, 2.75) is 32.6 Å². The molecular formula is C11H15NO2. The van der Waals surface area contributed by atoms with E-state index in [2.05, 4.69) is 4.98 Å². The van der Waals surface area contributed by atoms with Crippen LogP contribution in [0, 0.1) is 0 Å². The third-order valence-corrected chi connectivity index (χ3v) is 2.46. The van der Waals surface area contributed by atoms with Gasteiger partial charge >= 0.3 is 5.97 Å². The van der Waals surface area contributed by atoms with Crippen LogP contribution in [0.2, 0.25) is 0 Å². The molecule has 0 saturated heterocycles. The summed E-state index contributed by atoms with van der Waals surface area (Å²) in [5, 5.41) is 9.03. The van der Waals surface area contributed by atoms with Gasteiger partial charge in [-0.3, -0.25) is 9.78 Å². The lowest BCUT2D eigenvalue weighted by atomic mass is 9.85. The number of aromatic nitrogens is 1. The molecule has 1 aromatic heterocycles. The van der Waals surface area contributed by atoms with E-state index in [9.17, 15) is 4.79 Å². The monoisotopic (exact) mass is 193 g/mol. The minimum absolute atomic E-state index is 0.754. The molecule has 14 heavy (non-hydrogen) atoms. The van der Waals surface area contributed by atoms with Crippen LogP contribution in [0.15, 0.2) is 18.5 Å². The van der Waals surface area contributed by atoms with Crippen LogP contribution in [0.1, 0.15) is 31.9 Å². The summed E-state index contributed by atoms with van der Waals surface area (Å²) in [6.07, 6.45) is 4.26. The van der Waals surface area contributed by atoms with Gasteiger partial charge in [-0.15, -0.1) is 0 Å². The number of aryl methyl sites for hydroxylation is 1. The number of hydrogen-bond donors (Lipinski definition) is 1. The topological polar surface area (TPSA) is 50.2 Å². The van der Waals surface area contributed by atoms with Crippen molar-refractivity contribution in [1.29, 1.82) is 0 Å². The van der Waals surface area contributed by atoms with Gasteiger partial charge in [0.05, 0.1) is 5.41 Å². The van der Waals surface area contributed by atoms with E-state index in [0.29, 0.717) is 0 Å². The fraction of sp³-hybridized carbons (Fsp3) is 0.455. The molecule has 0 amide bonds. The van der Waals surface area contributed by atoms with Crippen molar-refractivity contribution in [1.82, 2.24) is 4.98 Å². The van der Waals surface area contributed by atoms with Crippen LogP contribution >= 0.6 is 0 Å². The first-order valence-corrected chi connectivity index (χ1v) is 4.66. The van der Waals surface area contributed by atoms with E-state index in [4.69, 9.17) is 5.11 Å². The van der Waals surface area contributed by atoms with E-state index in [-0.39, 0.29) is 0 Å². The number of carboxylic acid groups (broad SMARTS) is 1. The fourth-order valence-corrected chi connectivity index (χ4v) is 1.15. The highest BCUT2D eigenvalue weighted by Gasteiger charge is 2.29. The van der Waals surface area contributed by atoms with Gasteiger partial charge in [-0.1, -0.05) is 13.0 Å². The number of pyridine rings is 1. The van der Waals surface area contributed by atoms with Gasteiger partial charge in [-0.25, -0.2) is 0 Å². The molecular weight excluding hydrogens is 178 g/mol. The zero-order chi connectivity index (χ0) is 10.8. The lowest BCUT2D eigenvalue weighted by Gasteiger charge is -2.19. The first kappa shape index (κ1) is 10.7. The Balaban J connectivity index is 3.12. The molecule has 3 heteroatoms. The molecule has 76 valence electrons. The van der Waals surface area contributed by atoms with E-state index >= 15 is 0 Å². The molecule has 0 aromatic carbocycles. The first-order valence-electron chi connectivity index (χ1n) is 4.66. The second-order valence-corrected chi connectivity index (χ2v) is 3.87. The van der Waals surface area contributed by atoms with Crippen LogP contribution in [0.4, 0.5) is 0 Å². The van der Waals surface area contributed by atoms with Crippen LogP contribution in [0.25, 0.3) is 0 Å². The van der Waals surface area contributed by atoms with Crippen LogP contribution in [-0.4, -0.2) is 16.1 Å². The van der Waals surface area contributed by atoms with Gasteiger partial charge < -0.3 is 5.11 Å².